The second-order valence-electron chi connectivity index (χ2n) is 13.7. The van der Waals surface area contributed by atoms with Crippen molar-refractivity contribution in [1.82, 2.24) is 15.0 Å². The Kier molecular flexibility index (Phi) is 8.36. The molecule has 3 nitrogen and oxygen atoms in total. The summed E-state index contributed by atoms with van der Waals surface area (Å²) in [7, 11) is 0. The van der Waals surface area contributed by atoms with Crippen LogP contribution >= 0.6 is 11.3 Å². The Balaban J connectivity index is 1.16. The standard InChI is InChI=1S/C51H33N3S/c1-3-11-34(12-4-1)35-20-22-37(23-21-35)41-29-42(44-17-9-18-46-45-16-7-8-19-49(45)55-50(44)46)31-43(30-41)48-32-47(53-51(54-48)39-13-5-2-6-14-39)38-26-24-36(25-27-38)40-15-10-28-52-33-40/h1-33H. The number of aromatic nitrogens is 3. The van der Waals surface area contributed by atoms with Crippen LogP contribution in [-0.2, 0) is 0 Å². The number of thiophene rings is 1. The highest BCUT2D eigenvalue weighted by Crippen LogP contribution is 2.42. The molecule has 7 aromatic carbocycles. The molecule has 55 heavy (non-hydrogen) atoms. The van der Waals surface area contributed by atoms with E-state index < -0.39 is 0 Å². The summed E-state index contributed by atoms with van der Waals surface area (Å²) in [6.45, 7) is 0. The summed E-state index contributed by atoms with van der Waals surface area (Å²) in [5.74, 6) is 0.690. The predicted octanol–water partition coefficient (Wildman–Crippen LogP) is 13.9. The van der Waals surface area contributed by atoms with Gasteiger partial charge in [-0.3, -0.25) is 4.98 Å². The Hall–Kier alpha value is -7.01. The summed E-state index contributed by atoms with van der Waals surface area (Å²) < 4.78 is 2.58. The quantitative estimate of drug-likeness (QED) is 0.165. The summed E-state index contributed by atoms with van der Waals surface area (Å²) in [6, 6.07) is 66.7. The molecule has 3 aromatic heterocycles. The molecule has 0 bridgehead atoms. The topological polar surface area (TPSA) is 38.7 Å². The molecule has 0 spiro atoms. The zero-order chi connectivity index (χ0) is 36.6. The Morgan fingerprint density at radius 2 is 0.891 bits per heavy atom. The van der Waals surface area contributed by atoms with E-state index >= 15 is 0 Å². The molecule has 3 heterocycles. The first-order chi connectivity index (χ1) is 27.2. The average molecular weight is 720 g/mol. The second kappa shape index (κ2) is 14.1. The fraction of sp³-hybridized carbons (Fsp3) is 0. The minimum Gasteiger partial charge on any atom is -0.264 e. The number of benzene rings is 7. The van der Waals surface area contributed by atoms with Gasteiger partial charge in [0.05, 0.1) is 11.4 Å². The summed E-state index contributed by atoms with van der Waals surface area (Å²) >= 11 is 1.86. The minimum atomic E-state index is 0.690. The molecule has 10 aromatic rings. The lowest BCUT2D eigenvalue weighted by molar-refractivity contribution is 1.18. The third-order valence-corrected chi connectivity index (χ3v) is 11.4. The lowest BCUT2D eigenvalue weighted by Gasteiger charge is -2.14. The van der Waals surface area contributed by atoms with Crippen LogP contribution in [0.5, 0.6) is 0 Å². The van der Waals surface area contributed by atoms with Crippen molar-refractivity contribution in [2.24, 2.45) is 0 Å². The van der Waals surface area contributed by atoms with Crippen LogP contribution in [0.3, 0.4) is 0 Å². The van der Waals surface area contributed by atoms with Crippen LogP contribution in [0.15, 0.2) is 200 Å². The smallest absolute Gasteiger partial charge is 0.160 e. The van der Waals surface area contributed by atoms with E-state index in [-0.39, 0.29) is 0 Å². The van der Waals surface area contributed by atoms with Gasteiger partial charge in [0, 0.05) is 49.3 Å². The highest BCUT2D eigenvalue weighted by atomic mass is 32.1. The van der Waals surface area contributed by atoms with Gasteiger partial charge in [0.1, 0.15) is 0 Å². The summed E-state index contributed by atoms with van der Waals surface area (Å²) in [5, 5.41) is 2.57. The Labute approximate surface area is 323 Å². The van der Waals surface area contributed by atoms with Gasteiger partial charge in [0.25, 0.3) is 0 Å². The first-order valence-electron chi connectivity index (χ1n) is 18.4. The van der Waals surface area contributed by atoms with Crippen LogP contribution in [0.25, 0.3) is 98.6 Å². The van der Waals surface area contributed by atoms with Gasteiger partial charge < -0.3 is 0 Å². The van der Waals surface area contributed by atoms with E-state index in [0.717, 1.165) is 55.9 Å². The summed E-state index contributed by atoms with van der Waals surface area (Å²) in [4.78, 5) is 14.7. The number of hydrogen-bond acceptors (Lipinski definition) is 4. The van der Waals surface area contributed by atoms with Crippen LogP contribution in [-0.4, -0.2) is 15.0 Å². The summed E-state index contributed by atoms with van der Waals surface area (Å²) in [5.41, 5.74) is 14.0. The van der Waals surface area contributed by atoms with Crippen LogP contribution in [0.4, 0.5) is 0 Å². The molecule has 0 fully saturated rings. The van der Waals surface area contributed by atoms with E-state index in [1.54, 1.807) is 6.20 Å². The molecule has 0 saturated carbocycles. The Morgan fingerprint density at radius 3 is 1.62 bits per heavy atom. The highest BCUT2D eigenvalue weighted by molar-refractivity contribution is 7.26. The van der Waals surface area contributed by atoms with Gasteiger partial charge in [0.2, 0.25) is 0 Å². The number of fused-ring (bicyclic) bond motifs is 3. The van der Waals surface area contributed by atoms with Crippen molar-refractivity contribution in [1.29, 1.82) is 0 Å². The maximum Gasteiger partial charge on any atom is 0.160 e. The molecule has 0 atom stereocenters. The molecular weight excluding hydrogens is 687 g/mol. The lowest BCUT2D eigenvalue weighted by atomic mass is 9.93. The SMILES string of the molecule is c1ccc(-c2ccc(-c3cc(-c4cc(-c5ccc(-c6cccnc6)cc5)nc(-c5ccccc5)n4)cc(-c4cccc5c4sc4ccccc45)c3)cc2)cc1. The van der Waals surface area contributed by atoms with Gasteiger partial charge >= 0.3 is 0 Å². The molecule has 0 radical (unpaired) electrons. The monoisotopic (exact) mass is 719 g/mol. The average Bonchev–Trinajstić information content (AvgIpc) is 3.66. The molecular formula is C51H33N3S. The first kappa shape index (κ1) is 32.6. The fourth-order valence-corrected chi connectivity index (χ4v) is 8.62. The van der Waals surface area contributed by atoms with Gasteiger partial charge in [0.15, 0.2) is 5.82 Å². The Bertz CT molecular complexity index is 2940. The Morgan fingerprint density at radius 1 is 0.345 bits per heavy atom. The fourth-order valence-electron chi connectivity index (χ4n) is 7.38. The first-order valence-corrected chi connectivity index (χ1v) is 19.2. The van der Waals surface area contributed by atoms with Crippen LogP contribution in [0.1, 0.15) is 0 Å². The van der Waals surface area contributed by atoms with Crippen molar-refractivity contribution in [3.63, 3.8) is 0 Å². The van der Waals surface area contributed by atoms with E-state index in [1.807, 2.05) is 41.8 Å². The third kappa shape index (κ3) is 6.39. The molecule has 0 saturated heterocycles. The maximum atomic E-state index is 5.27. The summed E-state index contributed by atoms with van der Waals surface area (Å²) in [6.07, 6.45) is 3.69. The molecule has 0 unspecified atom stereocenters. The number of pyridine rings is 1. The van der Waals surface area contributed by atoms with Crippen molar-refractivity contribution in [2.75, 3.05) is 0 Å². The highest BCUT2D eigenvalue weighted by Gasteiger charge is 2.16. The van der Waals surface area contributed by atoms with Crippen molar-refractivity contribution < 1.29 is 0 Å². The predicted molar refractivity (Wildman–Crippen MR) is 231 cm³/mol. The molecule has 0 aliphatic carbocycles. The molecule has 0 aliphatic heterocycles. The molecule has 0 aliphatic rings. The van der Waals surface area contributed by atoms with Gasteiger partial charge in [-0.2, -0.15) is 0 Å². The van der Waals surface area contributed by atoms with Gasteiger partial charge in [-0.1, -0.05) is 152 Å². The zero-order valence-corrected chi connectivity index (χ0v) is 30.6. The third-order valence-electron chi connectivity index (χ3n) is 10.2. The maximum absolute atomic E-state index is 5.27. The lowest BCUT2D eigenvalue weighted by Crippen LogP contribution is -1.96. The largest absolute Gasteiger partial charge is 0.264 e. The molecule has 0 N–H and O–H groups in total. The molecule has 0 amide bonds. The number of nitrogens with zero attached hydrogens (tertiary/aromatic N) is 3. The van der Waals surface area contributed by atoms with Crippen molar-refractivity contribution in [3.05, 3.63) is 200 Å². The minimum absolute atomic E-state index is 0.690. The van der Waals surface area contributed by atoms with E-state index in [9.17, 15) is 0 Å². The van der Waals surface area contributed by atoms with Crippen LogP contribution in [0, 0.1) is 0 Å². The van der Waals surface area contributed by atoms with E-state index in [4.69, 9.17) is 9.97 Å². The molecule has 258 valence electrons. The van der Waals surface area contributed by atoms with Gasteiger partial charge in [-0.05, 0) is 80.9 Å². The van der Waals surface area contributed by atoms with E-state index in [1.165, 1.54) is 36.9 Å². The normalized spacial score (nSPS) is 11.3. The van der Waals surface area contributed by atoms with Crippen LogP contribution < -0.4 is 0 Å². The van der Waals surface area contributed by atoms with E-state index in [2.05, 4.69) is 169 Å². The van der Waals surface area contributed by atoms with Crippen molar-refractivity contribution >= 4 is 31.5 Å². The second-order valence-corrected chi connectivity index (χ2v) is 14.7. The van der Waals surface area contributed by atoms with Crippen molar-refractivity contribution in [3.8, 4) is 78.4 Å². The van der Waals surface area contributed by atoms with Gasteiger partial charge in [-0.25, -0.2) is 9.97 Å². The van der Waals surface area contributed by atoms with Gasteiger partial charge in [-0.15, -0.1) is 11.3 Å². The van der Waals surface area contributed by atoms with E-state index in [0.29, 0.717) is 5.82 Å². The number of rotatable bonds is 7. The van der Waals surface area contributed by atoms with Crippen LogP contribution in [0.2, 0.25) is 0 Å². The molecule has 10 rings (SSSR count). The zero-order valence-electron chi connectivity index (χ0n) is 29.8. The number of hydrogen-bond donors (Lipinski definition) is 0. The molecule has 4 heteroatoms. The van der Waals surface area contributed by atoms with Crippen molar-refractivity contribution in [2.45, 2.75) is 0 Å².